The number of carboxylic acids is 1. The van der Waals surface area contributed by atoms with Gasteiger partial charge in [-0.05, 0) is 55.3 Å². The lowest BCUT2D eigenvalue weighted by atomic mass is 10.1. The molecule has 0 saturated heterocycles. The number of halogens is 1. The standard InChI is InChI=1S/C17H16ClNO4/c1-10-5-11(2)7-13(6-10)23-9-16(20)19-12-3-4-14(17(21)22)15(18)8-12/h3-8H,9H2,1-2H3,(H,19,20)(H,21,22). The molecule has 0 saturated carbocycles. The molecule has 0 aliphatic heterocycles. The Hall–Kier alpha value is -2.53. The van der Waals surface area contributed by atoms with E-state index >= 15 is 0 Å². The molecule has 0 aromatic heterocycles. The predicted molar refractivity (Wildman–Crippen MR) is 88.5 cm³/mol. The fraction of sp³-hybridized carbons (Fsp3) is 0.176. The van der Waals surface area contributed by atoms with Crippen LogP contribution < -0.4 is 10.1 Å². The van der Waals surface area contributed by atoms with Crippen molar-refractivity contribution in [1.29, 1.82) is 0 Å². The Morgan fingerprint density at radius 2 is 1.78 bits per heavy atom. The third-order valence-corrected chi connectivity index (χ3v) is 3.36. The lowest BCUT2D eigenvalue weighted by Crippen LogP contribution is -2.20. The minimum atomic E-state index is -1.12. The number of rotatable bonds is 5. The van der Waals surface area contributed by atoms with Gasteiger partial charge in [0.2, 0.25) is 0 Å². The van der Waals surface area contributed by atoms with Crippen molar-refractivity contribution >= 4 is 29.2 Å². The van der Waals surface area contributed by atoms with Gasteiger partial charge in [0.1, 0.15) is 5.75 Å². The maximum absolute atomic E-state index is 11.9. The molecule has 2 N–H and O–H groups in total. The van der Waals surface area contributed by atoms with E-state index in [9.17, 15) is 9.59 Å². The zero-order valence-corrected chi connectivity index (χ0v) is 13.5. The Balaban J connectivity index is 1.97. The number of hydrogen-bond donors (Lipinski definition) is 2. The number of carbonyl (C=O) groups excluding carboxylic acids is 1. The summed E-state index contributed by atoms with van der Waals surface area (Å²) >= 11 is 5.85. The molecule has 23 heavy (non-hydrogen) atoms. The van der Waals surface area contributed by atoms with E-state index in [0.29, 0.717) is 11.4 Å². The number of aromatic carboxylic acids is 1. The van der Waals surface area contributed by atoms with Crippen molar-refractivity contribution in [2.75, 3.05) is 11.9 Å². The SMILES string of the molecule is Cc1cc(C)cc(OCC(=O)Nc2ccc(C(=O)O)c(Cl)c2)c1. The van der Waals surface area contributed by atoms with Crippen LogP contribution in [0.25, 0.3) is 0 Å². The maximum Gasteiger partial charge on any atom is 0.337 e. The van der Waals surface area contributed by atoms with Gasteiger partial charge in [0.25, 0.3) is 5.91 Å². The second kappa shape index (κ2) is 7.15. The highest BCUT2D eigenvalue weighted by atomic mass is 35.5. The normalized spacial score (nSPS) is 10.2. The van der Waals surface area contributed by atoms with Crippen LogP contribution in [0.2, 0.25) is 5.02 Å². The van der Waals surface area contributed by atoms with E-state index in [2.05, 4.69) is 5.32 Å². The minimum Gasteiger partial charge on any atom is -0.484 e. The molecule has 2 aromatic carbocycles. The fourth-order valence-corrected chi connectivity index (χ4v) is 2.39. The average molecular weight is 334 g/mol. The van der Waals surface area contributed by atoms with E-state index in [1.54, 1.807) is 0 Å². The number of benzene rings is 2. The Bertz CT molecular complexity index is 738. The largest absolute Gasteiger partial charge is 0.484 e. The van der Waals surface area contributed by atoms with Crippen LogP contribution in [0.5, 0.6) is 5.75 Å². The van der Waals surface area contributed by atoms with Crippen LogP contribution in [-0.4, -0.2) is 23.6 Å². The molecular weight excluding hydrogens is 318 g/mol. The van der Waals surface area contributed by atoms with Crippen LogP contribution in [0.15, 0.2) is 36.4 Å². The summed E-state index contributed by atoms with van der Waals surface area (Å²) in [5, 5.41) is 11.6. The number of carbonyl (C=O) groups is 2. The summed E-state index contributed by atoms with van der Waals surface area (Å²) in [6, 6.07) is 9.91. The van der Waals surface area contributed by atoms with Gasteiger partial charge in [0, 0.05) is 5.69 Å². The predicted octanol–water partition coefficient (Wildman–Crippen LogP) is 3.67. The molecule has 0 radical (unpaired) electrons. The number of amides is 1. The summed E-state index contributed by atoms with van der Waals surface area (Å²) in [6.45, 7) is 3.75. The van der Waals surface area contributed by atoms with Gasteiger partial charge < -0.3 is 15.2 Å². The Labute approximate surface area is 138 Å². The molecule has 120 valence electrons. The van der Waals surface area contributed by atoms with Crippen LogP contribution in [0, 0.1) is 13.8 Å². The third-order valence-electron chi connectivity index (χ3n) is 3.05. The molecule has 0 aliphatic carbocycles. The molecule has 0 bridgehead atoms. The lowest BCUT2D eigenvalue weighted by Gasteiger charge is -2.10. The summed E-state index contributed by atoms with van der Waals surface area (Å²) in [5.74, 6) is -0.855. The van der Waals surface area contributed by atoms with Crippen LogP contribution >= 0.6 is 11.6 Å². The van der Waals surface area contributed by atoms with Gasteiger partial charge in [0.15, 0.2) is 6.61 Å². The Morgan fingerprint density at radius 3 is 2.35 bits per heavy atom. The second-order valence-electron chi connectivity index (χ2n) is 5.16. The number of anilines is 1. The zero-order chi connectivity index (χ0) is 17.0. The van der Waals surface area contributed by atoms with Crippen molar-refractivity contribution in [2.45, 2.75) is 13.8 Å². The topological polar surface area (TPSA) is 75.6 Å². The van der Waals surface area contributed by atoms with Crippen molar-refractivity contribution in [1.82, 2.24) is 0 Å². The molecule has 0 heterocycles. The van der Waals surface area contributed by atoms with Crippen LogP contribution in [-0.2, 0) is 4.79 Å². The third kappa shape index (κ3) is 4.72. The molecule has 5 nitrogen and oxygen atoms in total. The molecule has 0 unspecified atom stereocenters. The summed E-state index contributed by atoms with van der Waals surface area (Å²) in [7, 11) is 0. The molecule has 1 amide bonds. The highest BCUT2D eigenvalue weighted by molar-refractivity contribution is 6.33. The quantitative estimate of drug-likeness (QED) is 0.875. The zero-order valence-electron chi connectivity index (χ0n) is 12.7. The highest BCUT2D eigenvalue weighted by Gasteiger charge is 2.10. The summed E-state index contributed by atoms with van der Waals surface area (Å²) < 4.78 is 5.45. The summed E-state index contributed by atoms with van der Waals surface area (Å²) in [4.78, 5) is 22.8. The van der Waals surface area contributed by atoms with Crippen molar-refractivity contribution in [3.8, 4) is 5.75 Å². The van der Waals surface area contributed by atoms with Gasteiger partial charge in [-0.2, -0.15) is 0 Å². The van der Waals surface area contributed by atoms with E-state index in [4.69, 9.17) is 21.4 Å². The first-order valence-corrected chi connectivity index (χ1v) is 7.27. The molecule has 0 atom stereocenters. The first-order chi connectivity index (χ1) is 10.8. The van der Waals surface area contributed by atoms with Crippen molar-refractivity contribution < 1.29 is 19.4 Å². The van der Waals surface area contributed by atoms with Gasteiger partial charge in [0.05, 0.1) is 10.6 Å². The Kier molecular flexibility index (Phi) is 5.24. The van der Waals surface area contributed by atoms with E-state index in [1.807, 2.05) is 32.0 Å². The number of ether oxygens (including phenoxy) is 1. The van der Waals surface area contributed by atoms with Crippen LogP contribution in [0.3, 0.4) is 0 Å². The first kappa shape index (κ1) is 16.8. The van der Waals surface area contributed by atoms with Gasteiger partial charge in [-0.3, -0.25) is 4.79 Å². The molecule has 2 aromatic rings. The van der Waals surface area contributed by atoms with Gasteiger partial charge in [-0.15, -0.1) is 0 Å². The van der Waals surface area contributed by atoms with E-state index in [0.717, 1.165) is 11.1 Å². The van der Waals surface area contributed by atoms with Crippen LogP contribution in [0.1, 0.15) is 21.5 Å². The molecule has 0 aliphatic rings. The minimum absolute atomic E-state index is 0.0175. The van der Waals surface area contributed by atoms with Crippen molar-refractivity contribution in [3.05, 3.63) is 58.1 Å². The molecule has 6 heteroatoms. The first-order valence-electron chi connectivity index (χ1n) is 6.89. The second-order valence-corrected chi connectivity index (χ2v) is 5.57. The van der Waals surface area contributed by atoms with Crippen LogP contribution in [0.4, 0.5) is 5.69 Å². The van der Waals surface area contributed by atoms with Gasteiger partial charge in [-0.1, -0.05) is 17.7 Å². The lowest BCUT2D eigenvalue weighted by molar-refractivity contribution is -0.118. The smallest absolute Gasteiger partial charge is 0.337 e. The molecular formula is C17H16ClNO4. The highest BCUT2D eigenvalue weighted by Crippen LogP contribution is 2.21. The number of aryl methyl sites for hydroxylation is 2. The van der Waals surface area contributed by atoms with E-state index in [1.165, 1.54) is 18.2 Å². The Morgan fingerprint density at radius 1 is 1.13 bits per heavy atom. The molecule has 0 fully saturated rings. The van der Waals surface area contributed by atoms with E-state index < -0.39 is 5.97 Å². The molecule has 2 rings (SSSR count). The number of hydrogen-bond acceptors (Lipinski definition) is 3. The van der Waals surface area contributed by atoms with Gasteiger partial charge in [-0.25, -0.2) is 4.79 Å². The molecule has 0 spiro atoms. The number of nitrogens with one attached hydrogen (secondary N) is 1. The average Bonchev–Trinajstić information content (AvgIpc) is 2.44. The van der Waals surface area contributed by atoms with Gasteiger partial charge >= 0.3 is 5.97 Å². The summed E-state index contributed by atoms with van der Waals surface area (Å²) in [5.41, 5.74) is 2.50. The van der Waals surface area contributed by atoms with Crippen molar-refractivity contribution in [3.63, 3.8) is 0 Å². The monoisotopic (exact) mass is 333 g/mol. The summed E-state index contributed by atoms with van der Waals surface area (Å²) in [6.07, 6.45) is 0. The maximum atomic E-state index is 11.9. The van der Waals surface area contributed by atoms with E-state index in [-0.39, 0.29) is 23.1 Å². The number of carboxylic acid groups (broad SMARTS) is 1. The van der Waals surface area contributed by atoms with Crippen molar-refractivity contribution in [2.24, 2.45) is 0 Å². The fourth-order valence-electron chi connectivity index (χ4n) is 2.13.